The number of rotatable bonds is 8. The molecule has 2 aromatic rings. The van der Waals surface area contributed by atoms with E-state index in [0.29, 0.717) is 49.3 Å². The highest BCUT2D eigenvalue weighted by Gasteiger charge is 2.57. The molecule has 0 aromatic heterocycles. The van der Waals surface area contributed by atoms with Gasteiger partial charge in [-0.3, -0.25) is 4.79 Å². The van der Waals surface area contributed by atoms with Crippen molar-refractivity contribution in [1.82, 2.24) is 0 Å². The number of piperidine rings is 1. The largest absolute Gasteiger partial charge is 0.459 e. The summed E-state index contributed by atoms with van der Waals surface area (Å²) in [5.74, 6) is -0.970. The van der Waals surface area contributed by atoms with E-state index in [-0.39, 0.29) is 24.8 Å². The molecule has 2 unspecified atom stereocenters. The van der Waals surface area contributed by atoms with Crippen molar-refractivity contribution >= 4 is 11.9 Å². The molecule has 7 heteroatoms. The molecule has 0 aliphatic carbocycles. The molecule has 4 aliphatic rings. The average molecular weight is 535 g/mol. The second-order valence-corrected chi connectivity index (χ2v) is 11.7. The maximum atomic E-state index is 14.3. The predicted molar refractivity (Wildman–Crippen MR) is 144 cm³/mol. The summed E-state index contributed by atoms with van der Waals surface area (Å²) in [6, 6.07) is 20.0. The molecule has 2 bridgehead atoms. The van der Waals surface area contributed by atoms with E-state index in [1.54, 1.807) is 0 Å². The Bertz CT molecular complexity index is 1070. The average Bonchev–Trinajstić information content (AvgIpc) is 3.53. The number of hydrogen-bond donors (Lipinski definition) is 0. The number of hydrogen-bond acceptors (Lipinski definition) is 6. The molecule has 4 aliphatic heterocycles. The van der Waals surface area contributed by atoms with Gasteiger partial charge in [-0.05, 0) is 24.0 Å². The number of nitrogens with zero attached hydrogens (tertiary/aromatic N) is 1. The molecule has 2 atom stereocenters. The molecule has 2 aromatic carbocycles. The van der Waals surface area contributed by atoms with Gasteiger partial charge in [0.2, 0.25) is 5.60 Å². The highest BCUT2D eigenvalue weighted by molar-refractivity contribution is 5.86. The van der Waals surface area contributed by atoms with E-state index in [1.165, 1.54) is 43.3 Å². The maximum Gasteiger partial charge on any atom is 0.348 e. The van der Waals surface area contributed by atoms with E-state index in [1.807, 2.05) is 60.7 Å². The van der Waals surface area contributed by atoms with Gasteiger partial charge in [-0.2, -0.15) is 0 Å². The van der Waals surface area contributed by atoms with Gasteiger partial charge in [0, 0.05) is 51.7 Å². The van der Waals surface area contributed by atoms with Crippen LogP contribution in [0.3, 0.4) is 0 Å². The van der Waals surface area contributed by atoms with Gasteiger partial charge in [-0.1, -0.05) is 60.7 Å². The summed E-state index contributed by atoms with van der Waals surface area (Å²) in [6.45, 7) is 3.30. The first kappa shape index (κ1) is 26.5. The molecule has 0 N–H and O–H groups in total. The summed E-state index contributed by atoms with van der Waals surface area (Å²) < 4.78 is 25.0. The monoisotopic (exact) mass is 534 g/mol. The summed E-state index contributed by atoms with van der Waals surface area (Å²) in [6.07, 6.45) is 7.99. The van der Waals surface area contributed by atoms with Crippen molar-refractivity contribution in [2.45, 2.75) is 75.2 Å². The molecule has 1 spiro atoms. The number of quaternary nitrogens is 1. The maximum absolute atomic E-state index is 14.3. The third kappa shape index (κ3) is 5.01. The highest BCUT2D eigenvalue weighted by atomic mass is 16.7. The fourth-order valence-corrected chi connectivity index (χ4v) is 7.74. The Morgan fingerprint density at radius 2 is 1.38 bits per heavy atom. The van der Waals surface area contributed by atoms with Crippen LogP contribution in [-0.4, -0.2) is 67.7 Å². The first-order valence-corrected chi connectivity index (χ1v) is 14.7. The summed E-state index contributed by atoms with van der Waals surface area (Å²) in [7, 11) is 0. The van der Waals surface area contributed by atoms with Gasteiger partial charge in [0.15, 0.2) is 6.79 Å². The summed E-state index contributed by atoms with van der Waals surface area (Å²) in [4.78, 5) is 27.1. The third-order valence-electron chi connectivity index (χ3n) is 9.71. The SMILES string of the molecule is O=C(OCOC(C(=O)OC1CC2CCC(C1)[N+]21CCCC1)(c1ccccc1)c1ccccc1)C1CCOCC1. The second-order valence-electron chi connectivity index (χ2n) is 11.7. The zero-order chi connectivity index (χ0) is 26.7. The van der Waals surface area contributed by atoms with E-state index in [0.717, 1.165) is 12.8 Å². The van der Waals surface area contributed by atoms with Crippen molar-refractivity contribution in [3.63, 3.8) is 0 Å². The Balaban J connectivity index is 1.25. The molecule has 7 nitrogen and oxygen atoms in total. The molecule has 0 amide bonds. The van der Waals surface area contributed by atoms with Gasteiger partial charge in [-0.25, -0.2) is 4.79 Å². The first-order valence-electron chi connectivity index (χ1n) is 14.7. The Hall–Kier alpha value is -2.74. The molecule has 4 fully saturated rings. The Kier molecular flexibility index (Phi) is 7.74. The Labute approximate surface area is 231 Å². The highest BCUT2D eigenvalue weighted by Crippen LogP contribution is 2.47. The standard InChI is InChI=1S/C32H40NO6/c34-30(24-15-19-36-20-16-24)37-23-38-32(25-9-3-1-4-10-25,26-11-5-2-6-12-26)31(35)39-29-21-27-13-14-28(22-29)33(27)17-7-8-18-33/h1-6,9-12,24,27-29H,7-8,13-23H2/q+1. The topological polar surface area (TPSA) is 71.1 Å². The molecular formula is C32H40NO6+. The van der Waals surface area contributed by atoms with Crippen LogP contribution in [0.25, 0.3) is 0 Å². The Morgan fingerprint density at radius 1 is 0.821 bits per heavy atom. The molecule has 4 saturated heterocycles. The minimum absolute atomic E-state index is 0.139. The third-order valence-corrected chi connectivity index (χ3v) is 9.71. The van der Waals surface area contributed by atoms with E-state index < -0.39 is 11.6 Å². The van der Waals surface area contributed by atoms with Crippen LogP contribution in [0.5, 0.6) is 0 Å². The van der Waals surface area contributed by atoms with Gasteiger partial charge in [0.05, 0.1) is 31.1 Å². The number of ether oxygens (including phenoxy) is 4. The first-order chi connectivity index (χ1) is 19.1. The molecule has 208 valence electrons. The normalized spacial score (nSPS) is 26.4. The zero-order valence-electron chi connectivity index (χ0n) is 22.7. The lowest BCUT2D eigenvalue weighted by atomic mass is 9.85. The lowest BCUT2D eigenvalue weighted by Gasteiger charge is -2.47. The van der Waals surface area contributed by atoms with Crippen molar-refractivity contribution in [2.24, 2.45) is 5.92 Å². The van der Waals surface area contributed by atoms with Gasteiger partial charge in [-0.15, -0.1) is 0 Å². The van der Waals surface area contributed by atoms with Gasteiger partial charge >= 0.3 is 11.9 Å². The molecule has 0 saturated carbocycles. The zero-order valence-corrected chi connectivity index (χ0v) is 22.7. The van der Waals surface area contributed by atoms with Crippen molar-refractivity contribution in [3.8, 4) is 0 Å². The summed E-state index contributed by atoms with van der Waals surface area (Å²) in [5.41, 5.74) is -0.232. The van der Waals surface area contributed by atoms with Crippen molar-refractivity contribution in [2.75, 3.05) is 33.1 Å². The molecule has 0 radical (unpaired) electrons. The van der Waals surface area contributed by atoms with Crippen molar-refractivity contribution in [1.29, 1.82) is 0 Å². The van der Waals surface area contributed by atoms with E-state index in [4.69, 9.17) is 18.9 Å². The smallest absolute Gasteiger partial charge is 0.348 e. The van der Waals surface area contributed by atoms with E-state index >= 15 is 0 Å². The van der Waals surface area contributed by atoms with Crippen LogP contribution in [0.2, 0.25) is 0 Å². The summed E-state index contributed by atoms with van der Waals surface area (Å²) in [5, 5.41) is 0. The van der Waals surface area contributed by atoms with Crippen molar-refractivity contribution < 1.29 is 33.0 Å². The van der Waals surface area contributed by atoms with Crippen LogP contribution in [0.4, 0.5) is 0 Å². The van der Waals surface area contributed by atoms with Crippen LogP contribution in [0.1, 0.15) is 62.5 Å². The van der Waals surface area contributed by atoms with Gasteiger partial charge in [0.25, 0.3) is 0 Å². The molecule has 6 rings (SSSR count). The lowest BCUT2D eigenvalue weighted by molar-refractivity contribution is -0.956. The number of esters is 2. The Morgan fingerprint density at radius 3 is 1.95 bits per heavy atom. The predicted octanol–water partition coefficient (Wildman–Crippen LogP) is 4.72. The minimum Gasteiger partial charge on any atom is -0.459 e. The van der Waals surface area contributed by atoms with Crippen LogP contribution in [-0.2, 0) is 34.1 Å². The van der Waals surface area contributed by atoms with Gasteiger partial charge < -0.3 is 23.4 Å². The minimum atomic E-state index is -1.55. The molecular weight excluding hydrogens is 494 g/mol. The fraction of sp³-hybridized carbons (Fsp3) is 0.562. The van der Waals surface area contributed by atoms with Crippen LogP contribution >= 0.6 is 0 Å². The molecule has 4 heterocycles. The number of carbonyl (C=O) groups is 2. The number of carbonyl (C=O) groups excluding carboxylic acids is 2. The van der Waals surface area contributed by atoms with Crippen LogP contribution in [0.15, 0.2) is 60.7 Å². The van der Waals surface area contributed by atoms with Crippen LogP contribution < -0.4 is 0 Å². The summed E-state index contributed by atoms with van der Waals surface area (Å²) >= 11 is 0. The molecule has 39 heavy (non-hydrogen) atoms. The lowest BCUT2D eigenvalue weighted by Crippen LogP contribution is -2.60. The van der Waals surface area contributed by atoms with E-state index in [2.05, 4.69) is 0 Å². The van der Waals surface area contributed by atoms with E-state index in [9.17, 15) is 9.59 Å². The fourth-order valence-electron chi connectivity index (χ4n) is 7.74. The number of benzene rings is 2. The van der Waals surface area contributed by atoms with Gasteiger partial charge in [0.1, 0.15) is 6.10 Å². The van der Waals surface area contributed by atoms with Crippen molar-refractivity contribution in [3.05, 3.63) is 71.8 Å². The quantitative estimate of drug-likeness (QED) is 0.277. The second kappa shape index (κ2) is 11.4. The van der Waals surface area contributed by atoms with Crippen LogP contribution in [0, 0.1) is 5.92 Å².